The molecule has 5 rings (SSSR count). The van der Waals surface area contributed by atoms with Crippen molar-refractivity contribution in [3.8, 4) is 11.3 Å². The number of hydrogen-bond acceptors (Lipinski definition) is 3. The predicted molar refractivity (Wildman–Crippen MR) is 134 cm³/mol. The molecule has 1 saturated heterocycles. The predicted octanol–water partition coefficient (Wildman–Crippen LogP) is 6.73. The van der Waals surface area contributed by atoms with E-state index < -0.39 is 23.3 Å². The molecule has 1 aliphatic heterocycles. The highest BCUT2D eigenvalue weighted by Crippen LogP contribution is 2.35. The molecule has 0 bridgehead atoms. The van der Waals surface area contributed by atoms with E-state index in [0.29, 0.717) is 17.2 Å². The summed E-state index contributed by atoms with van der Waals surface area (Å²) < 4.78 is 40.9. The van der Waals surface area contributed by atoms with Crippen molar-refractivity contribution in [1.82, 2.24) is 9.97 Å². The lowest BCUT2D eigenvalue weighted by Gasteiger charge is -2.33. The maximum atomic E-state index is 13.6. The van der Waals surface area contributed by atoms with Crippen LogP contribution in [0.25, 0.3) is 11.3 Å². The van der Waals surface area contributed by atoms with Crippen LogP contribution in [0.5, 0.6) is 0 Å². The number of piperidine rings is 1. The van der Waals surface area contributed by atoms with Crippen molar-refractivity contribution in [3.63, 3.8) is 0 Å². The number of halogens is 3. The van der Waals surface area contributed by atoms with Crippen molar-refractivity contribution < 1.29 is 18.0 Å². The fraction of sp³-hybridized carbons (Fsp3) is 0.214. The van der Waals surface area contributed by atoms with E-state index in [-0.39, 0.29) is 5.69 Å². The summed E-state index contributed by atoms with van der Waals surface area (Å²) in [6.45, 7) is 1.72. The van der Waals surface area contributed by atoms with E-state index >= 15 is 0 Å². The standard InChI is InChI=1S/C28H25F3N4O/c29-28(30,31)26-23(17-24(34-26)21-9-5-2-6-10-21)27(36)33-22-11-12-25(32-18-22)35-15-13-20(14-16-35)19-7-3-1-4-8-19/h1-12,17-18,20,34H,13-16H2,(H,33,36). The van der Waals surface area contributed by atoms with Gasteiger partial charge in [-0.15, -0.1) is 0 Å². The van der Waals surface area contributed by atoms with Gasteiger partial charge in [0.15, 0.2) is 0 Å². The average Bonchev–Trinajstić information content (AvgIpc) is 3.37. The molecule has 2 aromatic heterocycles. The van der Waals surface area contributed by atoms with Crippen LogP contribution in [-0.4, -0.2) is 29.0 Å². The Morgan fingerprint density at radius 2 is 1.61 bits per heavy atom. The molecule has 3 heterocycles. The van der Waals surface area contributed by atoms with Crippen LogP contribution in [0.1, 0.15) is 40.4 Å². The van der Waals surface area contributed by atoms with Crippen LogP contribution in [0.4, 0.5) is 24.7 Å². The number of nitrogens with one attached hydrogen (secondary N) is 2. The van der Waals surface area contributed by atoms with Crippen molar-refractivity contribution in [2.24, 2.45) is 0 Å². The van der Waals surface area contributed by atoms with Gasteiger partial charge in [0.05, 0.1) is 17.4 Å². The second-order valence-corrected chi connectivity index (χ2v) is 8.87. The topological polar surface area (TPSA) is 61.0 Å². The number of amides is 1. The molecule has 8 heteroatoms. The first-order valence-corrected chi connectivity index (χ1v) is 11.8. The van der Waals surface area contributed by atoms with Gasteiger partial charge in [0.25, 0.3) is 5.91 Å². The molecule has 0 unspecified atom stereocenters. The van der Waals surface area contributed by atoms with Crippen molar-refractivity contribution in [1.29, 1.82) is 0 Å². The third-order valence-electron chi connectivity index (χ3n) is 6.53. The van der Waals surface area contributed by atoms with Crippen molar-refractivity contribution >= 4 is 17.4 Å². The molecule has 5 nitrogen and oxygen atoms in total. The monoisotopic (exact) mass is 490 g/mol. The summed E-state index contributed by atoms with van der Waals surface area (Å²) in [6.07, 6.45) is -1.19. The first kappa shape index (κ1) is 23.7. The number of anilines is 2. The first-order valence-electron chi connectivity index (χ1n) is 11.8. The zero-order valence-electron chi connectivity index (χ0n) is 19.4. The van der Waals surface area contributed by atoms with Crippen molar-refractivity contribution in [3.05, 3.63) is 102 Å². The third kappa shape index (κ3) is 5.12. The van der Waals surface area contributed by atoms with E-state index in [0.717, 1.165) is 31.7 Å². The number of alkyl halides is 3. The van der Waals surface area contributed by atoms with E-state index in [4.69, 9.17) is 0 Å². The summed E-state index contributed by atoms with van der Waals surface area (Å²) >= 11 is 0. The minimum atomic E-state index is -4.70. The third-order valence-corrected chi connectivity index (χ3v) is 6.53. The molecule has 0 aliphatic carbocycles. The van der Waals surface area contributed by atoms with Crippen LogP contribution in [0.3, 0.4) is 0 Å². The number of hydrogen-bond donors (Lipinski definition) is 2. The van der Waals surface area contributed by atoms with Gasteiger partial charge >= 0.3 is 6.18 Å². The van der Waals surface area contributed by atoms with Crippen LogP contribution < -0.4 is 10.2 Å². The number of carbonyl (C=O) groups excluding carboxylic acids is 1. The summed E-state index contributed by atoms with van der Waals surface area (Å²) in [6, 6.07) is 23.7. The van der Waals surface area contributed by atoms with Crippen LogP contribution in [-0.2, 0) is 6.18 Å². The zero-order valence-corrected chi connectivity index (χ0v) is 19.4. The quantitative estimate of drug-likeness (QED) is 0.326. The van der Waals surface area contributed by atoms with Gasteiger partial charge in [-0.05, 0) is 48.1 Å². The number of H-pyrrole nitrogens is 1. The highest BCUT2D eigenvalue weighted by atomic mass is 19.4. The van der Waals surface area contributed by atoms with Crippen LogP contribution in [0, 0.1) is 0 Å². The minimum Gasteiger partial charge on any atom is -0.357 e. The van der Waals surface area contributed by atoms with Crippen molar-refractivity contribution in [2.45, 2.75) is 24.9 Å². The summed E-state index contributed by atoms with van der Waals surface area (Å²) in [4.78, 5) is 21.8. The van der Waals surface area contributed by atoms with Crippen LogP contribution >= 0.6 is 0 Å². The summed E-state index contributed by atoms with van der Waals surface area (Å²) in [5.41, 5.74) is 0.919. The van der Waals surface area contributed by atoms with E-state index in [1.807, 2.05) is 6.07 Å². The fourth-order valence-electron chi connectivity index (χ4n) is 4.64. The highest BCUT2D eigenvalue weighted by Gasteiger charge is 2.38. The van der Waals surface area contributed by atoms with Gasteiger partial charge in [-0.3, -0.25) is 4.79 Å². The number of carbonyl (C=O) groups is 1. The summed E-state index contributed by atoms with van der Waals surface area (Å²) in [5, 5.41) is 2.55. The molecule has 0 spiro atoms. The maximum absolute atomic E-state index is 13.6. The smallest absolute Gasteiger partial charge is 0.357 e. The molecule has 1 fully saturated rings. The molecule has 0 atom stereocenters. The molecule has 2 aromatic carbocycles. The van der Waals surface area contributed by atoms with Gasteiger partial charge in [0, 0.05) is 18.8 Å². The van der Waals surface area contributed by atoms with Gasteiger partial charge in [-0.1, -0.05) is 60.7 Å². The van der Waals surface area contributed by atoms with E-state index in [9.17, 15) is 18.0 Å². The number of aromatic amines is 1. The van der Waals surface area contributed by atoms with Gasteiger partial charge in [0.1, 0.15) is 11.5 Å². The Balaban J connectivity index is 1.27. The second-order valence-electron chi connectivity index (χ2n) is 8.87. The Morgan fingerprint density at radius 1 is 0.944 bits per heavy atom. The SMILES string of the molecule is O=C(Nc1ccc(N2CCC(c3ccccc3)CC2)nc1)c1cc(-c2ccccc2)[nH]c1C(F)(F)F. The summed E-state index contributed by atoms with van der Waals surface area (Å²) in [5.74, 6) is 0.452. The lowest BCUT2D eigenvalue weighted by molar-refractivity contribution is -0.141. The number of nitrogens with zero attached hydrogens (tertiary/aromatic N) is 2. The Labute approximate surface area is 207 Å². The van der Waals surface area contributed by atoms with Gasteiger partial charge < -0.3 is 15.2 Å². The Kier molecular flexibility index (Phi) is 6.50. The maximum Gasteiger partial charge on any atom is 0.432 e. The van der Waals surface area contributed by atoms with E-state index in [1.54, 1.807) is 42.5 Å². The Hall–Kier alpha value is -4.07. The summed E-state index contributed by atoms with van der Waals surface area (Å²) in [7, 11) is 0. The largest absolute Gasteiger partial charge is 0.432 e. The molecule has 36 heavy (non-hydrogen) atoms. The molecule has 0 saturated carbocycles. The molecule has 1 aliphatic rings. The molecule has 0 radical (unpaired) electrons. The molecule has 1 amide bonds. The number of rotatable bonds is 5. The molecular formula is C28H25F3N4O. The van der Waals surface area contributed by atoms with Crippen LogP contribution in [0.15, 0.2) is 85.1 Å². The molecular weight excluding hydrogens is 465 g/mol. The highest BCUT2D eigenvalue weighted by molar-refractivity contribution is 6.06. The zero-order chi connectivity index (χ0) is 25.1. The second kappa shape index (κ2) is 9.89. The fourth-order valence-corrected chi connectivity index (χ4v) is 4.64. The van der Waals surface area contributed by atoms with Gasteiger partial charge in [-0.2, -0.15) is 13.2 Å². The number of pyridine rings is 1. The number of benzene rings is 2. The Bertz CT molecular complexity index is 1310. The molecule has 2 N–H and O–H groups in total. The normalized spacial score (nSPS) is 14.6. The average molecular weight is 491 g/mol. The van der Waals surface area contributed by atoms with Gasteiger partial charge in [0.2, 0.25) is 0 Å². The van der Waals surface area contributed by atoms with Gasteiger partial charge in [-0.25, -0.2) is 4.98 Å². The van der Waals surface area contributed by atoms with Crippen LogP contribution in [0.2, 0.25) is 0 Å². The van der Waals surface area contributed by atoms with E-state index in [2.05, 4.69) is 44.5 Å². The van der Waals surface area contributed by atoms with E-state index in [1.165, 1.54) is 17.8 Å². The van der Waals surface area contributed by atoms with Crippen molar-refractivity contribution in [2.75, 3.05) is 23.3 Å². The first-order chi connectivity index (χ1) is 17.4. The Morgan fingerprint density at radius 3 is 2.22 bits per heavy atom. The minimum absolute atomic E-state index is 0.223. The lowest BCUT2D eigenvalue weighted by atomic mass is 9.89. The lowest BCUT2D eigenvalue weighted by Crippen LogP contribution is -2.33. The number of aromatic nitrogens is 2. The molecule has 184 valence electrons. The molecule has 4 aromatic rings.